The van der Waals surface area contributed by atoms with Gasteiger partial charge in [-0.05, 0) is 30.3 Å². The van der Waals surface area contributed by atoms with Crippen LogP contribution in [0, 0.1) is 11.6 Å². The smallest absolute Gasteiger partial charge is 0.422 e. The van der Waals surface area contributed by atoms with E-state index in [9.17, 15) is 31.9 Å². The van der Waals surface area contributed by atoms with Gasteiger partial charge >= 0.3 is 11.9 Å². The van der Waals surface area contributed by atoms with Crippen molar-refractivity contribution in [3.05, 3.63) is 89.1 Å². The number of rotatable bonds is 8. The summed E-state index contributed by atoms with van der Waals surface area (Å²) in [6, 6.07) is 7.77. The molecule has 0 aliphatic heterocycles. The van der Waals surface area contributed by atoms with Crippen molar-refractivity contribution in [2.75, 3.05) is 6.61 Å². The van der Waals surface area contributed by atoms with E-state index in [1.807, 2.05) is 0 Å². The molecule has 2 aromatic carbocycles. The first-order valence-electron chi connectivity index (χ1n) is 9.99. The summed E-state index contributed by atoms with van der Waals surface area (Å²) in [6.45, 7) is -2.27. The number of alkyl halides is 3. The molecule has 4 rings (SSSR count). The van der Waals surface area contributed by atoms with Crippen LogP contribution < -0.4 is 10.4 Å². The van der Waals surface area contributed by atoms with Gasteiger partial charge in [0.25, 0.3) is 0 Å². The molecule has 9 nitrogen and oxygen atoms in total. The predicted octanol–water partition coefficient (Wildman–Crippen LogP) is 2.43. The van der Waals surface area contributed by atoms with Crippen molar-refractivity contribution in [3.8, 4) is 11.4 Å². The van der Waals surface area contributed by atoms with Crippen LogP contribution in [0.2, 0.25) is 0 Å². The third-order valence-corrected chi connectivity index (χ3v) is 4.97. The summed E-state index contributed by atoms with van der Waals surface area (Å²) in [5.41, 5.74) is -2.85. The van der Waals surface area contributed by atoms with Crippen LogP contribution in [-0.4, -0.2) is 47.0 Å². The van der Waals surface area contributed by atoms with Gasteiger partial charge in [0.2, 0.25) is 0 Å². The molecule has 2 heterocycles. The molecule has 0 spiro atoms. The van der Waals surface area contributed by atoms with Crippen molar-refractivity contribution in [3.63, 3.8) is 0 Å². The monoisotopic (exact) mass is 496 g/mol. The van der Waals surface area contributed by atoms with Crippen LogP contribution in [0.5, 0.6) is 5.75 Å². The van der Waals surface area contributed by atoms with Crippen molar-refractivity contribution in [1.82, 2.24) is 29.1 Å². The van der Waals surface area contributed by atoms with Gasteiger partial charge in [-0.25, -0.2) is 23.2 Å². The molecule has 0 saturated heterocycles. The van der Waals surface area contributed by atoms with Crippen molar-refractivity contribution >= 4 is 0 Å². The maximum atomic E-state index is 14.6. The second-order valence-corrected chi connectivity index (χ2v) is 7.60. The highest BCUT2D eigenvalue weighted by Crippen LogP contribution is 2.28. The zero-order valence-electron chi connectivity index (χ0n) is 17.7. The molecule has 1 atom stereocenters. The average Bonchev–Trinajstić information content (AvgIpc) is 3.42. The summed E-state index contributed by atoms with van der Waals surface area (Å²) in [7, 11) is 0. The molecule has 0 unspecified atom stereocenters. The van der Waals surface area contributed by atoms with E-state index >= 15 is 0 Å². The first-order chi connectivity index (χ1) is 16.5. The van der Waals surface area contributed by atoms with Crippen LogP contribution >= 0.6 is 0 Å². The van der Waals surface area contributed by atoms with Crippen molar-refractivity contribution in [2.24, 2.45) is 0 Å². The minimum atomic E-state index is -4.50. The fourth-order valence-corrected chi connectivity index (χ4v) is 3.42. The minimum absolute atomic E-state index is 0.0625. The summed E-state index contributed by atoms with van der Waals surface area (Å²) >= 11 is 0. The van der Waals surface area contributed by atoms with Crippen LogP contribution in [0.25, 0.3) is 5.69 Å². The molecule has 1 N–H and O–H groups in total. The van der Waals surface area contributed by atoms with E-state index in [4.69, 9.17) is 0 Å². The lowest BCUT2D eigenvalue weighted by Crippen LogP contribution is -2.40. The van der Waals surface area contributed by atoms with Gasteiger partial charge in [-0.3, -0.25) is 4.57 Å². The molecule has 4 aromatic rings. The number of ether oxygens (including phenoxy) is 1. The Balaban J connectivity index is 1.62. The molecule has 0 amide bonds. The first-order valence-corrected chi connectivity index (χ1v) is 9.99. The molecule has 184 valence electrons. The maximum absolute atomic E-state index is 14.6. The third-order valence-electron chi connectivity index (χ3n) is 4.97. The Bertz CT molecular complexity index is 1350. The SMILES string of the molecule is O=c1n(C[C@@](O)(Cn2cncn2)c2ccc(F)cc2F)cnn1-c1ccc(OCC(F)(F)F)cc1. The van der Waals surface area contributed by atoms with Crippen LogP contribution in [-0.2, 0) is 18.7 Å². The van der Waals surface area contributed by atoms with Gasteiger partial charge in [0.1, 0.15) is 42.0 Å². The maximum Gasteiger partial charge on any atom is 0.422 e. The number of aliphatic hydroxyl groups is 1. The summed E-state index contributed by atoms with van der Waals surface area (Å²) < 4.78 is 72.8. The van der Waals surface area contributed by atoms with E-state index in [1.54, 1.807) is 0 Å². The first kappa shape index (κ1) is 24.1. The Kier molecular flexibility index (Phi) is 6.39. The lowest BCUT2D eigenvalue weighted by Gasteiger charge is -2.28. The van der Waals surface area contributed by atoms with Crippen molar-refractivity contribution in [1.29, 1.82) is 0 Å². The predicted molar refractivity (Wildman–Crippen MR) is 110 cm³/mol. The molecule has 2 aromatic heterocycles. The van der Waals surface area contributed by atoms with Gasteiger partial charge in [0, 0.05) is 11.6 Å². The summed E-state index contributed by atoms with van der Waals surface area (Å²) in [6.07, 6.45) is -0.916. The highest BCUT2D eigenvalue weighted by atomic mass is 19.4. The number of benzene rings is 2. The van der Waals surface area contributed by atoms with Crippen molar-refractivity contribution < 1.29 is 31.8 Å². The number of hydrogen-bond acceptors (Lipinski definition) is 6. The molecule has 14 heteroatoms. The van der Waals surface area contributed by atoms with Crippen LogP contribution in [0.1, 0.15) is 5.56 Å². The Morgan fingerprint density at radius 1 is 0.971 bits per heavy atom. The lowest BCUT2D eigenvalue weighted by atomic mass is 9.92. The topological polar surface area (TPSA) is 100.0 Å². The zero-order chi connectivity index (χ0) is 25.2. The summed E-state index contributed by atoms with van der Waals surface area (Å²) in [5.74, 6) is -1.93. The van der Waals surface area contributed by atoms with Gasteiger partial charge < -0.3 is 9.84 Å². The molecular weight excluding hydrogens is 479 g/mol. The van der Waals surface area contributed by atoms with E-state index in [1.165, 1.54) is 41.6 Å². The lowest BCUT2D eigenvalue weighted by molar-refractivity contribution is -0.153. The molecule has 0 saturated carbocycles. The fraction of sp³-hybridized carbons (Fsp3) is 0.238. The van der Waals surface area contributed by atoms with Gasteiger partial charge in [-0.2, -0.15) is 28.1 Å². The van der Waals surface area contributed by atoms with Crippen LogP contribution in [0.4, 0.5) is 22.0 Å². The second-order valence-electron chi connectivity index (χ2n) is 7.60. The Hall–Kier alpha value is -4.07. The standard InChI is InChI=1S/C21H17F5N6O3/c22-14-1-6-17(18(23)7-14)20(34,9-31-12-27-11-28-31)8-30-13-29-32(19(30)33)15-2-4-16(5-3-15)35-10-21(24,25)26/h1-7,11-13,34H,8-10H2/t20-/m1/s1. The molecule has 35 heavy (non-hydrogen) atoms. The molecule has 0 aliphatic rings. The molecule has 0 radical (unpaired) electrons. The van der Waals surface area contributed by atoms with Crippen LogP contribution in [0.15, 0.2) is 66.2 Å². The van der Waals surface area contributed by atoms with Gasteiger partial charge in [-0.15, -0.1) is 0 Å². The zero-order valence-corrected chi connectivity index (χ0v) is 17.7. The normalized spacial score (nSPS) is 13.5. The number of hydrogen-bond donors (Lipinski definition) is 1. The van der Waals surface area contributed by atoms with Gasteiger partial charge in [0.05, 0.1) is 18.8 Å². The second kappa shape index (κ2) is 9.29. The fourth-order valence-electron chi connectivity index (χ4n) is 3.42. The summed E-state index contributed by atoms with van der Waals surface area (Å²) in [4.78, 5) is 16.7. The highest BCUT2D eigenvalue weighted by molar-refractivity contribution is 5.36. The largest absolute Gasteiger partial charge is 0.484 e. The number of halogens is 5. The van der Waals surface area contributed by atoms with E-state index in [-0.39, 0.29) is 23.5 Å². The van der Waals surface area contributed by atoms with Crippen LogP contribution in [0.3, 0.4) is 0 Å². The highest BCUT2D eigenvalue weighted by Gasteiger charge is 2.35. The molecule has 0 fully saturated rings. The van der Waals surface area contributed by atoms with E-state index in [0.29, 0.717) is 6.07 Å². The van der Waals surface area contributed by atoms with Gasteiger partial charge in [0.15, 0.2) is 6.61 Å². The van der Waals surface area contributed by atoms with E-state index < -0.39 is 42.3 Å². The Morgan fingerprint density at radius 2 is 1.71 bits per heavy atom. The molecular formula is C21H17F5N6O3. The van der Waals surface area contributed by atoms with E-state index in [0.717, 1.165) is 27.7 Å². The molecule has 0 bridgehead atoms. The van der Waals surface area contributed by atoms with Gasteiger partial charge in [-0.1, -0.05) is 6.07 Å². The number of aromatic nitrogens is 6. The third kappa shape index (κ3) is 5.54. The molecule has 0 aliphatic carbocycles. The summed E-state index contributed by atoms with van der Waals surface area (Å²) in [5, 5.41) is 19.2. The van der Waals surface area contributed by atoms with Crippen molar-refractivity contribution in [2.45, 2.75) is 24.9 Å². The Morgan fingerprint density at radius 3 is 2.34 bits per heavy atom. The van der Waals surface area contributed by atoms with E-state index in [2.05, 4.69) is 19.9 Å². The minimum Gasteiger partial charge on any atom is -0.484 e. The Labute approximate surface area is 193 Å². The number of nitrogens with zero attached hydrogens (tertiary/aromatic N) is 6. The average molecular weight is 496 g/mol. The quantitative estimate of drug-likeness (QED) is 0.376.